The van der Waals surface area contributed by atoms with E-state index >= 15 is 0 Å². The van der Waals surface area contributed by atoms with Crippen LogP contribution >= 0.6 is 23.2 Å². The molecule has 1 nitrogen and oxygen atoms in total. The SMILES string of the molecule is CNC(Cc1c(Cl)cccc1Cl)c1ccc(F)c(F)c1. The van der Waals surface area contributed by atoms with Gasteiger partial charge in [-0.15, -0.1) is 0 Å². The highest BCUT2D eigenvalue weighted by atomic mass is 35.5. The molecule has 0 saturated carbocycles. The van der Waals surface area contributed by atoms with Gasteiger partial charge in [0.1, 0.15) is 0 Å². The molecule has 20 heavy (non-hydrogen) atoms. The lowest BCUT2D eigenvalue weighted by Gasteiger charge is -2.18. The van der Waals surface area contributed by atoms with E-state index in [0.717, 1.165) is 11.6 Å². The molecule has 0 saturated heterocycles. The van der Waals surface area contributed by atoms with Crippen LogP contribution in [0.4, 0.5) is 8.78 Å². The Hall–Kier alpha value is -1.16. The zero-order chi connectivity index (χ0) is 14.7. The van der Waals surface area contributed by atoms with Gasteiger partial charge < -0.3 is 5.32 Å². The quantitative estimate of drug-likeness (QED) is 0.856. The van der Waals surface area contributed by atoms with Crippen molar-refractivity contribution < 1.29 is 8.78 Å². The normalized spacial score (nSPS) is 12.4. The Labute approximate surface area is 126 Å². The number of nitrogens with one attached hydrogen (secondary N) is 1. The highest BCUT2D eigenvalue weighted by Gasteiger charge is 2.16. The maximum Gasteiger partial charge on any atom is 0.159 e. The zero-order valence-electron chi connectivity index (χ0n) is 10.8. The Morgan fingerprint density at radius 2 is 1.70 bits per heavy atom. The predicted octanol–water partition coefficient (Wildman–Crippen LogP) is 4.77. The van der Waals surface area contributed by atoms with E-state index in [1.165, 1.54) is 6.07 Å². The summed E-state index contributed by atoms with van der Waals surface area (Å²) >= 11 is 12.3. The van der Waals surface area contributed by atoms with Gasteiger partial charge in [0.05, 0.1) is 0 Å². The van der Waals surface area contributed by atoms with Crippen molar-refractivity contribution in [1.29, 1.82) is 0 Å². The minimum Gasteiger partial charge on any atom is -0.313 e. The second kappa shape index (κ2) is 6.53. The molecule has 2 aromatic rings. The van der Waals surface area contributed by atoms with Crippen molar-refractivity contribution in [2.75, 3.05) is 7.05 Å². The lowest BCUT2D eigenvalue weighted by molar-refractivity contribution is 0.501. The fourth-order valence-electron chi connectivity index (χ4n) is 2.05. The van der Waals surface area contributed by atoms with E-state index < -0.39 is 11.6 Å². The number of hydrogen-bond donors (Lipinski definition) is 1. The monoisotopic (exact) mass is 315 g/mol. The molecular formula is C15H13Cl2F2N. The molecule has 1 N–H and O–H groups in total. The molecule has 0 radical (unpaired) electrons. The van der Waals surface area contributed by atoms with Crippen molar-refractivity contribution in [2.45, 2.75) is 12.5 Å². The van der Waals surface area contributed by atoms with Crippen LogP contribution in [0.25, 0.3) is 0 Å². The summed E-state index contributed by atoms with van der Waals surface area (Å²) < 4.78 is 26.3. The second-order valence-corrected chi connectivity index (χ2v) is 5.23. The summed E-state index contributed by atoms with van der Waals surface area (Å²) in [4.78, 5) is 0. The first-order valence-electron chi connectivity index (χ1n) is 6.08. The summed E-state index contributed by atoms with van der Waals surface area (Å²) in [6.07, 6.45) is 0.486. The highest BCUT2D eigenvalue weighted by molar-refractivity contribution is 6.36. The third-order valence-electron chi connectivity index (χ3n) is 3.16. The van der Waals surface area contributed by atoms with Crippen molar-refractivity contribution >= 4 is 23.2 Å². The van der Waals surface area contributed by atoms with Crippen molar-refractivity contribution in [3.63, 3.8) is 0 Å². The van der Waals surface area contributed by atoms with E-state index in [9.17, 15) is 8.78 Å². The largest absolute Gasteiger partial charge is 0.313 e. The van der Waals surface area contributed by atoms with Crippen molar-refractivity contribution in [2.24, 2.45) is 0 Å². The minimum atomic E-state index is -0.868. The summed E-state index contributed by atoms with van der Waals surface area (Å²) in [5.74, 6) is -1.73. The number of halogens is 4. The van der Waals surface area contributed by atoms with Gasteiger partial charge in [0.2, 0.25) is 0 Å². The fourth-order valence-corrected chi connectivity index (χ4v) is 2.60. The highest BCUT2D eigenvalue weighted by Crippen LogP contribution is 2.29. The van der Waals surface area contributed by atoms with E-state index in [0.29, 0.717) is 22.0 Å². The summed E-state index contributed by atoms with van der Waals surface area (Å²) in [6.45, 7) is 0. The fraction of sp³-hybridized carbons (Fsp3) is 0.200. The molecule has 0 aliphatic rings. The number of rotatable bonds is 4. The van der Waals surface area contributed by atoms with Crippen LogP contribution in [-0.4, -0.2) is 7.05 Å². The van der Waals surface area contributed by atoms with Crippen LogP contribution in [0.15, 0.2) is 36.4 Å². The third kappa shape index (κ3) is 3.29. The van der Waals surface area contributed by atoms with Crippen molar-refractivity contribution in [1.82, 2.24) is 5.32 Å². The van der Waals surface area contributed by atoms with Gasteiger partial charge in [-0.3, -0.25) is 0 Å². The van der Waals surface area contributed by atoms with Crippen LogP contribution in [0, 0.1) is 11.6 Å². The molecule has 0 aliphatic heterocycles. The van der Waals surface area contributed by atoms with Gasteiger partial charge in [0.15, 0.2) is 11.6 Å². The molecule has 0 spiro atoms. The standard InChI is InChI=1S/C15H13Cl2F2N/c1-20-15(9-5-6-13(18)14(19)7-9)8-10-11(16)3-2-4-12(10)17/h2-7,15,20H,8H2,1H3. The lowest BCUT2D eigenvalue weighted by atomic mass is 9.98. The molecule has 0 amide bonds. The minimum absolute atomic E-state index is 0.206. The van der Waals surface area contributed by atoms with Gasteiger partial charge in [0, 0.05) is 16.1 Å². The molecule has 0 heterocycles. The van der Waals surface area contributed by atoms with Crippen molar-refractivity contribution in [3.05, 3.63) is 69.2 Å². The van der Waals surface area contributed by atoms with Gasteiger partial charge in [-0.05, 0) is 48.9 Å². The number of benzene rings is 2. The summed E-state index contributed by atoms with van der Waals surface area (Å²) in [5.41, 5.74) is 1.42. The molecule has 0 aliphatic carbocycles. The summed E-state index contributed by atoms with van der Waals surface area (Å²) in [7, 11) is 1.75. The molecule has 0 bridgehead atoms. The molecule has 2 aromatic carbocycles. The first kappa shape index (κ1) is 15.2. The molecule has 0 aromatic heterocycles. The first-order valence-corrected chi connectivity index (χ1v) is 6.83. The van der Waals surface area contributed by atoms with E-state index in [1.807, 2.05) is 0 Å². The Balaban J connectivity index is 2.31. The first-order chi connectivity index (χ1) is 9.52. The smallest absolute Gasteiger partial charge is 0.159 e. The molecular weight excluding hydrogens is 303 g/mol. The number of likely N-dealkylation sites (N-methyl/N-ethyl adjacent to an activating group) is 1. The molecule has 0 fully saturated rings. The van der Waals surface area contributed by atoms with Crippen LogP contribution in [0.2, 0.25) is 10.0 Å². The predicted molar refractivity (Wildman–Crippen MR) is 78.3 cm³/mol. The van der Waals surface area contributed by atoms with Crippen LogP contribution in [0.3, 0.4) is 0 Å². The van der Waals surface area contributed by atoms with E-state index in [-0.39, 0.29) is 6.04 Å². The van der Waals surface area contributed by atoms with Gasteiger partial charge >= 0.3 is 0 Å². The van der Waals surface area contributed by atoms with Gasteiger partial charge in [-0.1, -0.05) is 35.3 Å². The molecule has 1 unspecified atom stereocenters. The van der Waals surface area contributed by atoms with Crippen LogP contribution in [-0.2, 0) is 6.42 Å². The maximum absolute atomic E-state index is 13.3. The Morgan fingerprint density at radius 1 is 1.05 bits per heavy atom. The Bertz CT molecular complexity index is 597. The average molecular weight is 316 g/mol. The number of hydrogen-bond acceptors (Lipinski definition) is 1. The molecule has 2 rings (SSSR count). The third-order valence-corrected chi connectivity index (χ3v) is 3.87. The molecule has 1 atom stereocenters. The maximum atomic E-state index is 13.3. The second-order valence-electron chi connectivity index (χ2n) is 4.42. The van der Waals surface area contributed by atoms with Crippen molar-refractivity contribution in [3.8, 4) is 0 Å². The Morgan fingerprint density at radius 3 is 2.25 bits per heavy atom. The van der Waals surface area contributed by atoms with Crippen LogP contribution < -0.4 is 5.32 Å². The average Bonchev–Trinajstić information content (AvgIpc) is 2.42. The van der Waals surface area contributed by atoms with E-state index in [1.54, 1.807) is 31.3 Å². The lowest BCUT2D eigenvalue weighted by Crippen LogP contribution is -2.19. The summed E-state index contributed by atoms with van der Waals surface area (Å²) in [6, 6.07) is 8.90. The molecule has 5 heteroatoms. The Kier molecular flexibility index (Phi) is 4.97. The van der Waals surface area contributed by atoms with Crippen LogP contribution in [0.1, 0.15) is 17.2 Å². The topological polar surface area (TPSA) is 12.0 Å². The van der Waals surface area contributed by atoms with Gasteiger partial charge in [0.25, 0.3) is 0 Å². The summed E-state index contributed by atoms with van der Waals surface area (Å²) in [5, 5.41) is 4.17. The van der Waals surface area contributed by atoms with E-state index in [2.05, 4.69) is 5.32 Å². The van der Waals surface area contributed by atoms with Crippen LogP contribution in [0.5, 0.6) is 0 Å². The molecule has 106 valence electrons. The zero-order valence-corrected chi connectivity index (χ0v) is 12.3. The van der Waals surface area contributed by atoms with Gasteiger partial charge in [-0.2, -0.15) is 0 Å². The van der Waals surface area contributed by atoms with Gasteiger partial charge in [-0.25, -0.2) is 8.78 Å². The van der Waals surface area contributed by atoms with E-state index in [4.69, 9.17) is 23.2 Å².